The summed E-state index contributed by atoms with van der Waals surface area (Å²) in [7, 11) is 0. The van der Waals surface area contributed by atoms with Crippen LogP contribution in [0.1, 0.15) is 17.3 Å². The summed E-state index contributed by atoms with van der Waals surface area (Å²) in [4.78, 5) is 30.4. The number of hydrogen-bond acceptors (Lipinski definition) is 5. The predicted molar refractivity (Wildman–Crippen MR) is 83.7 cm³/mol. The number of benzene rings is 1. The summed E-state index contributed by atoms with van der Waals surface area (Å²) in [5.74, 6) is -0.406. The van der Waals surface area contributed by atoms with Gasteiger partial charge in [0.2, 0.25) is 5.95 Å². The van der Waals surface area contributed by atoms with Gasteiger partial charge in [-0.2, -0.15) is 0 Å². The number of aromatic carboxylic acids is 1. The van der Waals surface area contributed by atoms with Gasteiger partial charge in [-0.05, 0) is 25.1 Å². The lowest BCUT2D eigenvalue weighted by atomic mass is 10.1. The fraction of sp³-hybridized carbons (Fsp3) is 0.400. The molecule has 0 saturated carbocycles. The van der Waals surface area contributed by atoms with Crippen LogP contribution in [0.4, 0.5) is 5.95 Å². The molecule has 0 radical (unpaired) electrons. The monoisotopic (exact) mass is 302 g/mol. The van der Waals surface area contributed by atoms with Crippen molar-refractivity contribution in [3.05, 3.63) is 34.1 Å². The van der Waals surface area contributed by atoms with E-state index in [9.17, 15) is 9.59 Å². The van der Waals surface area contributed by atoms with Gasteiger partial charge >= 0.3 is 5.97 Å². The van der Waals surface area contributed by atoms with Crippen LogP contribution in [0.15, 0.2) is 23.0 Å². The van der Waals surface area contributed by atoms with E-state index in [-0.39, 0.29) is 11.1 Å². The Morgan fingerprint density at radius 3 is 2.73 bits per heavy atom. The molecule has 7 heteroatoms. The van der Waals surface area contributed by atoms with Crippen molar-refractivity contribution in [2.45, 2.75) is 13.5 Å². The standard InChI is InChI=1S/C15H18N4O3/c1-2-19-13(20)11-4-3-10(14(21)22)9-12(11)17-15(19)18-7-5-16-6-8-18/h3-4,9,16H,2,5-8H2,1H3,(H,21,22). The molecule has 1 aliphatic rings. The number of aromatic nitrogens is 2. The molecule has 22 heavy (non-hydrogen) atoms. The highest BCUT2D eigenvalue weighted by atomic mass is 16.4. The minimum atomic E-state index is -1.02. The van der Waals surface area contributed by atoms with E-state index in [1.165, 1.54) is 12.1 Å². The first-order chi connectivity index (χ1) is 10.6. The zero-order valence-corrected chi connectivity index (χ0v) is 12.4. The van der Waals surface area contributed by atoms with Crippen LogP contribution in [0, 0.1) is 0 Å². The topological polar surface area (TPSA) is 87.5 Å². The molecular formula is C15H18N4O3. The van der Waals surface area contributed by atoms with Gasteiger partial charge in [0.25, 0.3) is 5.56 Å². The van der Waals surface area contributed by atoms with Crippen LogP contribution in [0.2, 0.25) is 0 Å². The quantitative estimate of drug-likeness (QED) is 0.860. The van der Waals surface area contributed by atoms with Crippen LogP contribution in [0.3, 0.4) is 0 Å². The van der Waals surface area contributed by atoms with E-state index >= 15 is 0 Å². The van der Waals surface area contributed by atoms with Gasteiger partial charge in [-0.1, -0.05) is 0 Å². The summed E-state index contributed by atoms with van der Waals surface area (Å²) in [6.45, 7) is 5.67. The molecule has 0 bridgehead atoms. The second kappa shape index (κ2) is 5.76. The highest BCUT2D eigenvalue weighted by molar-refractivity contribution is 5.93. The van der Waals surface area contributed by atoms with Crippen LogP contribution >= 0.6 is 0 Å². The molecule has 2 N–H and O–H groups in total. The van der Waals surface area contributed by atoms with E-state index in [4.69, 9.17) is 5.11 Å². The molecule has 1 aromatic heterocycles. The summed E-state index contributed by atoms with van der Waals surface area (Å²) >= 11 is 0. The molecule has 0 atom stereocenters. The Balaban J connectivity index is 2.21. The Hall–Kier alpha value is -2.41. The molecule has 1 saturated heterocycles. The van der Waals surface area contributed by atoms with Crippen LogP contribution in [0.5, 0.6) is 0 Å². The lowest BCUT2D eigenvalue weighted by molar-refractivity contribution is 0.0697. The van der Waals surface area contributed by atoms with E-state index in [1.54, 1.807) is 10.6 Å². The summed E-state index contributed by atoms with van der Waals surface area (Å²) < 4.78 is 1.65. The average Bonchev–Trinajstić information content (AvgIpc) is 2.55. The third-order valence-corrected chi connectivity index (χ3v) is 3.90. The van der Waals surface area contributed by atoms with E-state index < -0.39 is 5.97 Å². The minimum absolute atomic E-state index is 0.127. The molecule has 2 heterocycles. The van der Waals surface area contributed by atoms with E-state index in [1.807, 2.05) is 6.92 Å². The molecule has 1 fully saturated rings. The second-order valence-corrected chi connectivity index (χ2v) is 5.24. The summed E-state index contributed by atoms with van der Waals surface area (Å²) in [6.07, 6.45) is 0. The molecule has 0 unspecified atom stereocenters. The fourth-order valence-corrected chi connectivity index (χ4v) is 2.73. The molecule has 2 aromatic rings. The first kappa shape index (κ1) is 14.5. The number of carboxylic acids is 1. The molecule has 0 spiro atoms. The van der Waals surface area contributed by atoms with Crippen molar-refractivity contribution in [3.8, 4) is 0 Å². The summed E-state index contributed by atoms with van der Waals surface area (Å²) in [5.41, 5.74) is 0.445. The zero-order valence-electron chi connectivity index (χ0n) is 12.4. The van der Waals surface area contributed by atoms with Crippen molar-refractivity contribution in [1.29, 1.82) is 0 Å². The third-order valence-electron chi connectivity index (χ3n) is 3.90. The highest BCUT2D eigenvalue weighted by Gasteiger charge is 2.18. The number of anilines is 1. The van der Waals surface area contributed by atoms with Gasteiger partial charge in [0.15, 0.2) is 0 Å². The summed E-state index contributed by atoms with van der Waals surface area (Å²) in [6, 6.07) is 4.45. The number of rotatable bonds is 3. The molecular weight excluding hydrogens is 284 g/mol. The number of hydrogen-bond donors (Lipinski definition) is 2. The first-order valence-electron chi connectivity index (χ1n) is 7.35. The van der Waals surface area contributed by atoms with Crippen LogP contribution in [-0.2, 0) is 6.54 Å². The largest absolute Gasteiger partial charge is 0.478 e. The lowest BCUT2D eigenvalue weighted by Crippen LogP contribution is -2.46. The highest BCUT2D eigenvalue weighted by Crippen LogP contribution is 2.17. The Morgan fingerprint density at radius 2 is 2.09 bits per heavy atom. The third kappa shape index (κ3) is 2.43. The minimum Gasteiger partial charge on any atom is -0.478 e. The van der Waals surface area contributed by atoms with Crippen molar-refractivity contribution in [2.75, 3.05) is 31.1 Å². The number of piperazine rings is 1. The van der Waals surface area contributed by atoms with Crippen LogP contribution in [0.25, 0.3) is 10.9 Å². The number of nitrogens with one attached hydrogen (secondary N) is 1. The Morgan fingerprint density at radius 1 is 1.36 bits per heavy atom. The lowest BCUT2D eigenvalue weighted by Gasteiger charge is -2.30. The maximum Gasteiger partial charge on any atom is 0.335 e. The fourth-order valence-electron chi connectivity index (χ4n) is 2.73. The molecule has 0 amide bonds. The maximum absolute atomic E-state index is 12.6. The van der Waals surface area contributed by atoms with Gasteiger partial charge in [0.05, 0.1) is 16.5 Å². The van der Waals surface area contributed by atoms with Gasteiger partial charge in [0, 0.05) is 32.7 Å². The first-order valence-corrected chi connectivity index (χ1v) is 7.35. The van der Waals surface area contributed by atoms with Crippen LogP contribution in [-0.4, -0.2) is 46.8 Å². The summed E-state index contributed by atoms with van der Waals surface area (Å²) in [5, 5.41) is 12.8. The molecule has 7 nitrogen and oxygen atoms in total. The van der Waals surface area contributed by atoms with E-state index in [0.717, 1.165) is 26.2 Å². The number of nitrogens with zero attached hydrogens (tertiary/aromatic N) is 3. The Labute approximate surface area is 127 Å². The van der Waals surface area contributed by atoms with Crippen molar-refractivity contribution in [1.82, 2.24) is 14.9 Å². The number of fused-ring (bicyclic) bond motifs is 1. The number of carbonyl (C=O) groups is 1. The van der Waals surface area contributed by atoms with Crippen molar-refractivity contribution < 1.29 is 9.90 Å². The molecule has 116 valence electrons. The van der Waals surface area contributed by atoms with Gasteiger partial charge in [-0.25, -0.2) is 9.78 Å². The van der Waals surface area contributed by atoms with Crippen molar-refractivity contribution in [2.24, 2.45) is 0 Å². The molecule has 3 rings (SSSR count). The van der Waals surface area contributed by atoms with Gasteiger partial charge in [-0.15, -0.1) is 0 Å². The SMILES string of the molecule is CCn1c(N2CCNCC2)nc2cc(C(=O)O)ccc2c1=O. The normalized spacial score (nSPS) is 15.2. The predicted octanol–water partition coefficient (Wildman–Crippen LogP) is 0.524. The molecule has 1 aromatic carbocycles. The van der Waals surface area contributed by atoms with E-state index in [2.05, 4.69) is 15.2 Å². The smallest absolute Gasteiger partial charge is 0.335 e. The molecule has 1 aliphatic heterocycles. The second-order valence-electron chi connectivity index (χ2n) is 5.24. The van der Waals surface area contributed by atoms with Gasteiger partial charge < -0.3 is 15.3 Å². The molecule has 0 aliphatic carbocycles. The van der Waals surface area contributed by atoms with Crippen LogP contribution < -0.4 is 15.8 Å². The van der Waals surface area contributed by atoms with Gasteiger partial charge in [0.1, 0.15) is 0 Å². The van der Waals surface area contributed by atoms with Crippen molar-refractivity contribution >= 4 is 22.8 Å². The maximum atomic E-state index is 12.6. The zero-order chi connectivity index (χ0) is 15.7. The van der Waals surface area contributed by atoms with Gasteiger partial charge in [-0.3, -0.25) is 9.36 Å². The number of carboxylic acid groups (broad SMARTS) is 1. The van der Waals surface area contributed by atoms with Crippen molar-refractivity contribution in [3.63, 3.8) is 0 Å². The Kier molecular flexibility index (Phi) is 3.81. The average molecular weight is 302 g/mol. The Bertz CT molecular complexity index is 778. The van der Waals surface area contributed by atoms with E-state index in [0.29, 0.717) is 23.4 Å².